The number of nitrogens with two attached hydrogens (primary N) is 1. The van der Waals surface area contributed by atoms with Crippen LogP contribution in [0.1, 0.15) is 52.9 Å². The summed E-state index contributed by atoms with van der Waals surface area (Å²) in [4.78, 5) is 4.41. The van der Waals surface area contributed by atoms with Crippen LogP contribution in [0.3, 0.4) is 0 Å². The third kappa shape index (κ3) is 5.65. The first-order chi connectivity index (χ1) is 6.97. The Bertz CT molecular complexity index is 212. The Morgan fingerprint density at radius 2 is 1.87 bits per heavy atom. The molecule has 2 N–H and O–H groups in total. The fourth-order valence-electron chi connectivity index (χ4n) is 1.72. The van der Waals surface area contributed by atoms with Gasteiger partial charge in [-0.1, -0.05) is 40.0 Å². The summed E-state index contributed by atoms with van der Waals surface area (Å²) in [5.41, 5.74) is 5.89. The molecule has 1 aliphatic rings. The Morgan fingerprint density at radius 3 is 2.40 bits per heavy atom. The summed E-state index contributed by atoms with van der Waals surface area (Å²) in [7, 11) is 0. The van der Waals surface area contributed by atoms with E-state index in [4.69, 9.17) is 10.5 Å². The van der Waals surface area contributed by atoms with Crippen molar-refractivity contribution in [3.63, 3.8) is 0 Å². The van der Waals surface area contributed by atoms with E-state index in [0.717, 1.165) is 0 Å². The average Bonchev–Trinajstić information content (AvgIpc) is 2.15. The summed E-state index contributed by atoms with van der Waals surface area (Å²) >= 11 is 0. The predicted molar refractivity (Wildman–Crippen MR) is 63.9 cm³/mol. The summed E-state index contributed by atoms with van der Waals surface area (Å²) in [6.45, 7) is 7.01. The standard InChI is InChI=1S/C12H24N2O/c1-12(2,3)9-15-11(13)14-10-7-5-4-6-8-10/h10H,4-9H2,1-3H3,(H2,13,14). The van der Waals surface area contributed by atoms with Gasteiger partial charge in [-0.05, 0) is 18.3 Å². The molecule has 0 aromatic rings. The van der Waals surface area contributed by atoms with Crippen molar-refractivity contribution in [1.29, 1.82) is 0 Å². The smallest absolute Gasteiger partial charge is 0.282 e. The monoisotopic (exact) mass is 212 g/mol. The van der Waals surface area contributed by atoms with Crippen molar-refractivity contribution in [2.75, 3.05) is 6.61 Å². The number of ether oxygens (including phenoxy) is 1. The van der Waals surface area contributed by atoms with E-state index in [1.165, 1.54) is 32.1 Å². The molecule has 0 bridgehead atoms. The number of hydrogen-bond donors (Lipinski definition) is 1. The summed E-state index contributed by atoms with van der Waals surface area (Å²) in [6.07, 6.45) is 6.23. The molecule has 1 saturated carbocycles. The molecule has 3 heteroatoms. The largest absolute Gasteiger partial charge is 0.465 e. The van der Waals surface area contributed by atoms with Gasteiger partial charge in [0.25, 0.3) is 6.02 Å². The number of rotatable bonds is 2. The molecule has 1 aliphatic carbocycles. The summed E-state index contributed by atoms with van der Waals surface area (Å²) in [6, 6.07) is 0.774. The number of aliphatic imine (C=N–C) groups is 1. The van der Waals surface area contributed by atoms with E-state index >= 15 is 0 Å². The van der Waals surface area contributed by atoms with Gasteiger partial charge in [-0.25, -0.2) is 4.99 Å². The second kappa shape index (κ2) is 5.38. The Kier molecular flexibility index (Phi) is 4.43. The van der Waals surface area contributed by atoms with Gasteiger partial charge in [0.2, 0.25) is 0 Å². The lowest BCUT2D eigenvalue weighted by Gasteiger charge is -2.21. The van der Waals surface area contributed by atoms with Gasteiger partial charge >= 0.3 is 0 Å². The maximum Gasteiger partial charge on any atom is 0.282 e. The van der Waals surface area contributed by atoms with Crippen LogP contribution in [0.25, 0.3) is 0 Å². The van der Waals surface area contributed by atoms with Crippen LogP contribution >= 0.6 is 0 Å². The molecule has 0 aromatic heterocycles. The topological polar surface area (TPSA) is 47.6 Å². The highest BCUT2D eigenvalue weighted by Gasteiger charge is 2.14. The van der Waals surface area contributed by atoms with E-state index in [0.29, 0.717) is 18.7 Å². The number of amidine groups is 1. The molecule has 0 spiro atoms. The fraction of sp³-hybridized carbons (Fsp3) is 0.917. The maximum atomic E-state index is 5.74. The van der Waals surface area contributed by atoms with Crippen LogP contribution in [0.4, 0.5) is 0 Å². The van der Waals surface area contributed by atoms with Crippen LogP contribution in [0, 0.1) is 5.41 Å². The van der Waals surface area contributed by atoms with Crippen molar-refractivity contribution in [3.8, 4) is 0 Å². The molecule has 0 atom stereocenters. The molecule has 0 aromatic carbocycles. The van der Waals surface area contributed by atoms with Crippen molar-refractivity contribution in [3.05, 3.63) is 0 Å². The quantitative estimate of drug-likeness (QED) is 0.565. The SMILES string of the molecule is CC(C)(C)COC(N)=NC1CCCCC1. The van der Waals surface area contributed by atoms with Gasteiger partial charge in [-0.15, -0.1) is 0 Å². The fourth-order valence-corrected chi connectivity index (χ4v) is 1.72. The lowest BCUT2D eigenvalue weighted by atomic mass is 9.96. The normalized spacial score (nSPS) is 20.3. The zero-order valence-corrected chi connectivity index (χ0v) is 10.3. The predicted octanol–water partition coefficient (Wildman–Crippen LogP) is 2.70. The van der Waals surface area contributed by atoms with Gasteiger partial charge in [0.15, 0.2) is 0 Å². The van der Waals surface area contributed by atoms with Gasteiger partial charge in [0.05, 0.1) is 12.6 Å². The zero-order valence-electron chi connectivity index (χ0n) is 10.3. The highest BCUT2D eigenvalue weighted by molar-refractivity contribution is 5.71. The Balaban J connectivity index is 2.31. The Labute approximate surface area is 93.1 Å². The molecule has 0 saturated heterocycles. The molecule has 3 nitrogen and oxygen atoms in total. The zero-order chi connectivity index (χ0) is 11.3. The molecule has 15 heavy (non-hydrogen) atoms. The molecule has 0 aliphatic heterocycles. The van der Waals surface area contributed by atoms with Crippen molar-refractivity contribution in [2.24, 2.45) is 16.1 Å². The molecule has 1 rings (SSSR count). The highest BCUT2D eigenvalue weighted by atomic mass is 16.5. The number of nitrogens with zero attached hydrogens (tertiary/aromatic N) is 1. The molecule has 1 fully saturated rings. The molecule has 0 amide bonds. The van der Waals surface area contributed by atoms with Crippen LogP contribution in [-0.4, -0.2) is 18.7 Å². The lowest BCUT2D eigenvalue weighted by Crippen LogP contribution is -2.26. The Morgan fingerprint density at radius 1 is 1.27 bits per heavy atom. The second-order valence-electron chi connectivity index (χ2n) is 5.61. The first kappa shape index (κ1) is 12.3. The Hall–Kier alpha value is -0.730. The minimum atomic E-state index is 0.146. The van der Waals surface area contributed by atoms with Crippen molar-refractivity contribution in [1.82, 2.24) is 0 Å². The van der Waals surface area contributed by atoms with Crippen LogP contribution in [0.5, 0.6) is 0 Å². The molecule has 0 radical (unpaired) electrons. The van der Waals surface area contributed by atoms with Crippen molar-refractivity contribution >= 4 is 6.02 Å². The van der Waals surface area contributed by atoms with Crippen molar-refractivity contribution in [2.45, 2.75) is 58.9 Å². The van der Waals surface area contributed by atoms with Gasteiger partial charge in [0.1, 0.15) is 0 Å². The summed E-state index contributed by atoms with van der Waals surface area (Å²) in [5.74, 6) is 0. The number of hydrogen-bond acceptors (Lipinski definition) is 2. The molecule has 0 heterocycles. The average molecular weight is 212 g/mol. The van der Waals surface area contributed by atoms with Gasteiger partial charge in [0, 0.05) is 0 Å². The van der Waals surface area contributed by atoms with E-state index in [1.54, 1.807) is 0 Å². The van der Waals surface area contributed by atoms with E-state index < -0.39 is 0 Å². The van der Waals surface area contributed by atoms with Crippen LogP contribution in [0.2, 0.25) is 0 Å². The molecule has 0 unspecified atom stereocenters. The van der Waals surface area contributed by atoms with E-state index in [-0.39, 0.29) is 5.41 Å². The molecule has 88 valence electrons. The van der Waals surface area contributed by atoms with E-state index in [1.807, 2.05) is 0 Å². The first-order valence-electron chi connectivity index (χ1n) is 5.93. The van der Waals surface area contributed by atoms with E-state index in [9.17, 15) is 0 Å². The van der Waals surface area contributed by atoms with Gasteiger partial charge in [-0.3, -0.25) is 0 Å². The van der Waals surface area contributed by atoms with Gasteiger partial charge in [-0.2, -0.15) is 0 Å². The molecular formula is C12H24N2O. The van der Waals surface area contributed by atoms with Crippen LogP contribution < -0.4 is 5.73 Å². The van der Waals surface area contributed by atoms with E-state index in [2.05, 4.69) is 25.8 Å². The third-order valence-corrected chi connectivity index (χ3v) is 2.54. The first-order valence-corrected chi connectivity index (χ1v) is 5.93. The van der Waals surface area contributed by atoms with Crippen LogP contribution in [-0.2, 0) is 4.74 Å². The van der Waals surface area contributed by atoms with Gasteiger partial charge < -0.3 is 10.5 Å². The van der Waals surface area contributed by atoms with Crippen molar-refractivity contribution < 1.29 is 4.74 Å². The third-order valence-electron chi connectivity index (χ3n) is 2.54. The minimum absolute atomic E-state index is 0.146. The lowest BCUT2D eigenvalue weighted by molar-refractivity contribution is 0.182. The molecular weight excluding hydrogens is 188 g/mol. The maximum absolute atomic E-state index is 5.74. The highest BCUT2D eigenvalue weighted by Crippen LogP contribution is 2.20. The summed E-state index contributed by atoms with van der Waals surface area (Å²) in [5, 5.41) is 0. The summed E-state index contributed by atoms with van der Waals surface area (Å²) < 4.78 is 5.44. The minimum Gasteiger partial charge on any atom is -0.465 e. The second-order valence-corrected chi connectivity index (χ2v) is 5.61. The van der Waals surface area contributed by atoms with Crippen LogP contribution in [0.15, 0.2) is 4.99 Å².